The first kappa shape index (κ1) is 16.2. The summed E-state index contributed by atoms with van der Waals surface area (Å²) in [5, 5.41) is 2.86. The lowest BCUT2D eigenvalue weighted by molar-refractivity contribution is -0.149. The third kappa shape index (κ3) is 3.55. The van der Waals surface area contributed by atoms with E-state index in [1.807, 2.05) is 11.8 Å². The molecule has 0 unspecified atom stereocenters. The zero-order chi connectivity index (χ0) is 15.3. The summed E-state index contributed by atoms with van der Waals surface area (Å²) in [7, 11) is 0. The SMILES string of the molecule is CCNC(=O)C1CCN(C(=O)C2(CN)CCOCC2)CC1. The van der Waals surface area contributed by atoms with E-state index in [9.17, 15) is 9.59 Å². The minimum atomic E-state index is -0.448. The number of hydrogen-bond acceptors (Lipinski definition) is 4. The Balaban J connectivity index is 1.91. The number of rotatable bonds is 4. The first-order valence-electron chi connectivity index (χ1n) is 7.98. The number of nitrogens with two attached hydrogens (primary N) is 1. The van der Waals surface area contributed by atoms with E-state index in [1.54, 1.807) is 0 Å². The van der Waals surface area contributed by atoms with E-state index in [1.165, 1.54) is 0 Å². The Morgan fingerprint density at radius 1 is 1.29 bits per heavy atom. The number of carbonyl (C=O) groups excluding carboxylic acids is 2. The molecule has 0 aromatic rings. The van der Waals surface area contributed by atoms with Gasteiger partial charge in [-0.05, 0) is 32.6 Å². The second-order valence-corrected chi connectivity index (χ2v) is 6.06. The third-order valence-electron chi connectivity index (χ3n) is 4.80. The molecule has 2 rings (SSSR count). The first-order valence-corrected chi connectivity index (χ1v) is 7.98. The van der Waals surface area contributed by atoms with E-state index in [-0.39, 0.29) is 17.7 Å². The van der Waals surface area contributed by atoms with Gasteiger partial charge in [-0.15, -0.1) is 0 Å². The molecule has 2 amide bonds. The van der Waals surface area contributed by atoms with Gasteiger partial charge < -0.3 is 20.7 Å². The van der Waals surface area contributed by atoms with Gasteiger partial charge in [-0.25, -0.2) is 0 Å². The van der Waals surface area contributed by atoms with E-state index in [0.29, 0.717) is 52.2 Å². The summed E-state index contributed by atoms with van der Waals surface area (Å²) in [6, 6.07) is 0. The lowest BCUT2D eigenvalue weighted by Gasteiger charge is -2.41. The van der Waals surface area contributed by atoms with Crippen LogP contribution in [0.1, 0.15) is 32.6 Å². The number of ether oxygens (including phenoxy) is 1. The summed E-state index contributed by atoms with van der Waals surface area (Å²) >= 11 is 0. The molecule has 2 heterocycles. The Kier molecular flexibility index (Phi) is 5.58. The minimum absolute atomic E-state index is 0.0394. The van der Waals surface area contributed by atoms with Gasteiger partial charge in [0.15, 0.2) is 0 Å². The van der Waals surface area contributed by atoms with Crippen LogP contribution in [0, 0.1) is 11.3 Å². The van der Waals surface area contributed by atoms with Gasteiger partial charge in [0.1, 0.15) is 0 Å². The van der Waals surface area contributed by atoms with Crippen LogP contribution in [0.5, 0.6) is 0 Å². The van der Waals surface area contributed by atoms with Gasteiger partial charge in [-0.1, -0.05) is 0 Å². The van der Waals surface area contributed by atoms with Crippen LogP contribution in [-0.2, 0) is 14.3 Å². The molecule has 2 fully saturated rings. The fourth-order valence-corrected chi connectivity index (χ4v) is 3.27. The molecule has 120 valence electrons. The average molecular weight is 297 g/mol. The van der Waals surface area contributed by atoms with Crippen molar-refractivity contribution in [1.29, 1.82) is 0 Å². The van der Waals surface area contributed by atoms with E-state index >= 15 is 0 Å². The lowest BCUT2D eigenvalue weighted by atomic mass is 9.78. The fraction of sp³-hybridized carbons (Fsp3) is 0.867. The van der Waals surface area contributed by atoms with Crippen molar-refractivity contribution in [2.75, 3.05) is 39.4 Å². The second kappa shape index (κ2) is 7.22. The van der Waals surface area contributed by atoms with Gasteiger partial charge in [0.2, 0.25) is 11.8 Å². The molecule has 0 saturated carbocycles. The van der Waals surface area contributed by atoms with Crippen molar-refractivity contribution in [3.8, 4) is 0 Å². The number of hydrogen-bond donors (Lipinski definition) is 2. The highest BCUT2D eigenvalue weighted by molar-refractivity contribution is 5.84. The van der Waals surface area contributed by atoms with Crippen LogP contribution >= 0.6 is 0 Å². The quantitative estimate of drug-likeness (QED) is 0.772. The van der Waals surface area contributed by atoms with Gasteiger partial charge >= 0.3 is 0 Å². The van der Waals surface area contributed by atoms with Crippen LogP contribution in [0.2, 0.25) is 0 Å². The summed E-state index contributed by atoms with van der Waals surface area (Å²) in [5.41, 5.74) is 5.45. The Morgan fingerprint density at radius 2 is 1.90 bits per heavy atom. The maximum absolute atomic E-state index is 12.8. The molecule has 0 radical (unpaired) electrons. The van der Waals surface area contributed by atoms with Crippen LogP contribution < -0.4 is 11.1 Å². The summed E-state index contributed by atoms with van der Waals surface area (Å²) in [6.07, 6.45) is 2.90. The number of nitrogens with zero attached hydrogens (tertiary/aromatic N) is 1. The molecule has 2 saturated heterocycles. The van der Waals surface area contributed by atoms with Crippen molar-refractivity contribution >= 4 is 11.8 Å². The van der Waals surface area contributed by atoms with Gasteiger partial charge in [0, 0.05) is 45.3 Å². The topological polar surface area (TPSA) is 84.7 Å². The number of piperidine rings is 1. The largest absolute Gasteiger partial charge is 0.381 e. The zero-order valence-electron chi connectivity index (χ0n) is 12.9. The molecule has 6 nitrogen and oxygen atoms in total. The van der Waals surface area contributed by atoms with Gasteiger partial charge in [0.05, 0.1) is 5.41 Å². The molecule has 0 aliphatic carbocycles. The molecule has 2 aliphatic heterocycles. The summed E-state index contributed by atoms with van der Waals surface area (Å²) < 4.78 is 5.36. The molecular weight excluding hydrogens is 270 g/mol. The van der Waals surface area contributed by atoms with Gasteiger partial charge in [0.25, 0.3) is 0 Å². The predicted molar refractivity (Wildman–Crippen MR) is 79.5 cm³/mol. The standard InChI is InChI=1S/C15H27N3O3/c1-2-17-13(19)12-3-7-18(8-4-12)14(20)15(11-16)5-9-21-10-6-15/h12H,2-11,16H2,1H3,(H,17,19). The maximum atomic E-state index is 12.8. The van der Waals surface area contributed by atoms with Crippen LogP contribution in [0.3, 0.4) is 0 Å². The number of amides is 2. The Hall–Kier alpha value is -1.14. The van der Waals surface area contributed by atoms with E-state index in [0.717, 1.165) is 12.8 Å². The summed E-state index contributed by atoms with van der Waals surface area (Å²) in [5.74, 6) is 0.310. The Bertz CT molecular complexity index is 372. The van der Waals surface area contributed by atoms with E-state index < -0.39 is 5.41 Å². The molecule has 0 spiro atoms. The van der Waals surface area contributed by atoms with Gasteiger partial charge in [-0.2, -0.15) is 0 Å². The Labute approximate surface area is 126 Å². The van der Waals surface area contributed by atoms with Crippen molar-refractivity contribution in [1.82, 2.24) is 10.2 Å². The van der Waals surface area contributed by atoms with Crippen LogP contribution in [0.25, 0.3) is 0 Å². The Morgan fingerprint density at radius 3 is 2.43 bits per heavy atom. The molecule has 0 atom stereocenters. The average Bonchev–Trinajstić information content (AvgIpc) is 2.55. The van der Waals surface area contributed by atoms with Crippen molar-refractivity contribution in [3.05, 3.63) is 0 Å². The molecule has 0 aromatic carbocycles. The van der Waals surface area contributed by atoms with E-state index in [2.05, 4.69) is 5.32 Å². The number of carbonyl (C=O) groups is 2. The lowest BCUT2D eigenvalue weighted by Crippen LogP contribution is -2.53. The van der Waals surface area contributed by atoms with Crippen molar-refractivity contribution in [3.63, 3.8) is 0 Å². The molecule has 6 heteroatoms. The van der Waals surface area contributed by atoms with Gasteiger partial charge in [-0.3, -0.25) is 9.59 Å². The van der Waals surface area contributed by atoms with Crippen LogP contribution in [0.4, 0.5) is 0 Å². The highest BCUT2D eigenvalue weighted by Gasteiger charge is 2.42. The highest BCUT2D eigenvalue weighted by Crippen LogP contribution is 2.33. The number of nitrogens with one attached hydrogen (secondary N) is 1. The normalized spacial score (nSPS) is 22.9. The van der Waals surface area contributed by atoms with Crippen molar-refractivity contribution < 1.29 is 14.3 Å². The molecule has 0 bridgehead atoms. The van der Waals surface area contributed by atoms with Crippen molar-refractivity contribution in [2.45, 2.75) is 32.6 Å². The van der Waals surface area contributed by atoms with E-state index in [4.69, 9.17) is 10.5 Å². The minimum Gasteiger partial charge on any atom is -0.381 e. The summed E-state index contributed by atoms with van der Waals surface area (Å²) in [6.45, 7) is 5.50. The summed E-state index contributed by atoms with van der Waals surface area (Å²) in [4.78, 5) is 26.5. The maximum Gasteiger partial charge on any atom is 0.230 e. The van der Waals surface area contributed by atoms with Crippen LogP contribution in [0.15, 0.2) is 0 Å². The number of likely N-dealkylation sites (tertiary alicyclic amines) is 1. The monoisotopic (exact) mass is 297 g/mol. The van der Waals surface area contributed by atoms with Crippen LogP contribution in [-0.4, -0.2) is 56.1 Å². The fourth-order valence-electron chi connectivity index (χ4n) is 3.27. The predicted octanol–water partition coefficient (Wildman–Crippen LogP) is 0.117. The third-order valence-corrected chi connectivity index (χ3v) is 4.80. The second-order valence-electron chi connectivity index (χ2n) is 6.06. The molecular formula is C15H27N3O3. The first-order chi connectivity index (χ1) is 10.1. The smallest absolute Gasteiger partial charge is 0.230 e. The molecule has 21 heavy (non-hydrogen) atoms. The zero-order valence-corrected chi connectivity index (χ0v) is 12.9. The van der Waals surface area contributed by atoms with Crippen molar-refractivity contribution in [2.24, 2.45) is 17.1 Å². The molecule has 0 aromatic heterocycles. The molecule has 2 aliphatic rings. The highest BCUT2D eigenvalue weighted by atomic mass is 16.5. The molecule has 3 N–H and O–H groups in total.